The highest BCUT2D eigenvalue weighted by Gasteiger charge is 2.24. The van der Waals surface area contributed by atoms with Gasteiger partial charge in [0, 0.05) is 6.54 Å². The van der Waals surface area contributed by atoms with E-state index in [1.165, 1.54) is 41.3 Å². The third kappa shape index (κ3) is 5.19. The van der Waals surface area contributed by atoms with Crippen LogP contribution < -0.4 is 10.1 Å². The lowest BCUT2D eigenvalue weighted by Crippen LogP contribution is -2.26. The first-order valence-electron chi connectivity index (χ1n) is 10.3. The van der Waals surface area contributed by atoms with Crippen LogP contribution in [-0.4, -0.2) is 17.4 Å². The molecule has 0 aliphatic heterocycles. The summed E-state index contributed by atoms with van der Waals surface area (Å²) in [6, 6.07) is 16.0. The Kier molecular flexibility index (Phi) is 6.05. The van der Waals surface area contributed by atoms with E-state index in [1.54, 1.807) is 6.07 Å². The summed E-state index contributed by atoms with van der Waals surface area (Å²) in [5.41, 5.74) is 5.30. The van der Waals surface area contributed by atoms with Crippen LogP contribution in [0.4, 0.5) is 0 Å². The Morgan fingerprint density at radius 3 is 2.63 bits per heavy atom. The largest absolute Gasteiger partial charge is 0.455 e. The Morgan fingerprint density at radius 1 is 1.13 bits per heavy atom. The second-order valence-electron chi connectivity index (χ2n) is 7.95. The van der Waals surface area contributed by atoms with Crippen LogP contribution in [0.3, 0.4) is 0 Å². The molecule has 1 fully saturated rings. The van der Waals surface area contributed by atoms with Gasteiger partial charge in [0.15, 0.2) is 5.75 Å². The molecule has 1 heterocycles. The van der Waals surface area contributed by atoms with Crippen molar-refractivity contribution in [2.24, 2.45) is 0 Å². The number of amides is 1. The van der Waals surface area contributed by atoms with E-state index in [0.29, 0.717) is 29.5 Å². The van der Waals surface area contributed by atoms with Gasteiger partial charge in [0.25, 0.3) is 5.91 Å². The van der Waals surface area contributed by atoms with Gasteiger partial charge in [-0.2, -0.15) is 0 Å². The lowest BCUT2D eigenvalue weighted by atomic mass is 10.1. The Morgan fingerprint density at radius 2 is 1.90 bits per heavy atom. The Bertz CT molecular complexity index is 1060. The van der Waals surface area contributed by atoms with E-state index in [-0.39, 0.29) is 11.1 Å². The van der Waals surface area contributed by atoms with Gasteiger partial charge in [-0.25, -0.2) is 4.98 Å². The fraction of sp³-hybridized carbons (Fsp3) is 0.280. The summed E-state index contributed by atoms with van der Waals surface area (Å²) in [6.07, 6.45) is 4.71. The Labute approximate surface area is 182 Å². The summed E-state index contributed by atoms with van der Waals surface area (Å²) in [7, 11) is 0. The number of rotatable bonds is 7. The van der Waals surface area contributed by atoms with Crippen LogP contribution in [0.15, 0.2) is 54.7 Å². The van der Waals surface area contributed by atoms with Gasteiger partial charge in [0.1, 0.15) is 10.9 Å². The summed E-state index contributed by atoms with van der Waals surface area (Å²) in [6.45, 7) is 4.68. The number of nitrogens with one attached hydrogen (secondary N) is 1. The molecule has 4 rings (SSSR count). The predicted molar refractivity (Wildman–Crippen MR) is 120 cm³/mol. The number of carbonyl (C=O) groups is 1. The number of aromatic nitrogens is 1. The van der Waals surface area contributed by atoms with Crippen molar-refractivity contribution in [2.75, 3.05) is 6.54 Å². The van der Waals surface area contributed by atoms with Crippen LogP contribution in [0.5, 0.6) is 11.5 Å². The van der Waals surface area contributed by atoms with Crippen molar-refractivity contribution in [3.63, 3.8) is 0 Å². The Hall–Kier alpha value is -2.85. The number of pyridine rings is 1. The molecule has 1 amide bonds. The monoisotopic (exact) mass is 420 g/mol. The lowest BCUT2D eigenvalue weighted by molar-refractivity contribution is 0.0951. The molecule has 0 unspecified atom stereocenters. The van der Waals surface area contributed by atoms with Crippen LogP contribution >= 0.6 is 11.6 Å². The van der Waals surface area contributed by atoms with Crippen molar-refractivity contribution in [1.82, 2.24) is 10.3 Å². The molecule has 1 aliphatic carbocycles. The summed E-state index contributed by atoms with van der Waals surface area (Å²) < 4.78 is 6.02. The first-order valence-corrected chi connectivity index (χ1v) is 10.6. The molecule has 4 nitrogen and oxygen atoms in total. The number of nitrogens with zero attached hydrogens (tertiary/aromatic N) is 1. The van der Waals surface area contributed by atoms with E-state index in [4.69, 9.17) is 16.3 Å². The molecule has 3 aromatic rings. The molecular formula is C25H25ClN2O2. The SMILES string of the molecule is Cc1cc(C)cc(CCNC(=O)c2cc(Cl)ncc2Oc2cccc(C3CC3)c2)c1. The zero-order valence-electron chi connectivity index (χ0n) is 17.2. The van der Waals surface area contributed by atoms with E-state index in [0.717, 1.165) is 6.42 Å². The number of benzene rings is 2. The molecule has 1 aliphatic rings. The fourth-order valence-corrected chi connectivity index (χ4v) is 3.84. The topological polar surface area (TPSA) is 51.2 Å². The molecule has 1 N–H and O–H groups in total. The zero-order chi connectivity index (χ0) is 21.1. The van der Waals surface area contributed by atoms with Crippen molar-refractivity contribution >= 4 is 17.5 Å². The number of hydrogen-bond acceptors (Lipinski definition) is 3. The molecule has 0 radical (unpaired) electrons. The van der Waals surface area contributed by atoms with Crippen LogP contribution in [-0.2, 0) is 6.42 Å². The highest BCUT2D eigenvalue weighted by Crippen LogP contribution is 2.41. The fourth-order valence-electron chi connectivity index (χ4n) is 3.68. The second-order valence-corrected chi connectivity index (χ2v) is 8.34. The van der Waals surface area contributed by atoms with Crippen molar-refractivity contribution in [1.29, 1.82) is 0 Å². The van der Waals surface area contributed by atoms with Gasteiger partial charge in [0.05, 0.1) is 11.8 Å². The average Bonchev–Trinajstić information content (AvgIpc) is 3.54. The van der Waals surface area contributed by atoms with Gasteiger partial charge in [-0.1, -0.05) is 53.1 Å². The summed E-state index contributed by atoms with van der Waals surface area (Å²) >= 11 is 6.06. The van der Waals surface area contributed by atoms with Gasteiger partial charge in [-0.3, -0.25) is 4.79 Å². The van der Waals surface area contributed by atoms with Gasteiger partial charge in [0.2, 0.25) is 0 Å². The second kappa shape index (κ2) is 8.88. The van der Waals surface area contributed by atoms with Gasteiger partial charge in [-0.15, -0.1) is 0 Å². The number of ether oxygens (including phenoxy) is 1. The quantitative estimate of drug-likeness (QED) is 0.477. The summed E-state index contributed by atoms with van der Waals surface area (Å²) in [5, 5.41) is 3.23. The zero-order valence-corrected chi connectivity index (χ0v) is 18.0. The molecule has 0 spiro atoms. The van der Waals surface area contributed by atoms with E-state index in [9.17, 15) is 4.79 Å². The number of hydrogen-bond donors (Lipinski definition) is 1. The smallest absolute Gasteiger partial charge is 0.255 e. The van der Waals surface area contributed by atoms with E-state index < -0.39 is 0 Å². The van der Waals surface area contributed by atoms with Crippen molar-refractivity contribution in [3.8, 4) is 11.5 Å². The first-order chi connectivity index (χ1) is 14.5. The number of halogens is 1. The van der Waals surface area contributed by atoms with Crippen LogP contribution in [0, 0.1) is 13.8 Å². The predicted octanol–water partition coefficient (Wildman–Crippen LogP) is 5.99. The molecule has 0 bridgehead atoms. The molecule has 5 heteroatoms. The highest BCUT2D eigenvalue weighted by molar-refractivity contribution is 6.29. The molecule has 30 heavy (non-hydrogen) atoms. The van der Waals surface area contributed by atoms with Crippen molar-refractivity contribution < 1.29 is 9.53 Å². The van der Waals surface area contributed by atoms with Gasteiger partial charge >= 0.3 is 0 Å². The van der Waals surface area contributed by atoms with E-state index in [1.807, 2.05) is 18.2 Å². The molecule has 1 saturated carbocycles. The van der Waals surface area contributed by atoms with Gasteiger partial charge in [-0.05, 0) is 68.4 Å². The number of aryl methyl sites for hydroxylation is 2. The van der Waals surface area contributed by atoms with E-state index in [2.05, 4.69) is 48.4 Å². The average molecular weight is 421 g/mol. The van der Waals surface area contributed by atoms with Crippen LogP contribution in [0.2, 0.25) is 5.15 Å². The highest BCUT2D eigenvalue weighted by atomic mass is 35.5. The molecule has 0 atom stereocenters. The molecule has 1 aromatic heterocycles. The molecule has 2 aromatic carbocycles. The maximum atomic E-state index is 12.8. The number of carbonyl (C=O) groups excluding carboxylic acids is 1. The summed E-state index contributed by atoms with van der Waals surface area (Å²) in [5.74, 6) is 1.51. The van der Waals surface area contributed by atoms with Gasteiger partial charge < -0.3 is 10.1 Å². The first kappa shape index (κ1) is 20.4. The summed E-state index contributed by atoms with van der Waals surface area (Å²) in [4.78, 5) is 16.9. The van der Waals surface area contributed by atoms with E-state index >= 15 is 0 Å². The normalized spacial score (nSPS) is 13.2. The maximum absolute atomic E-state index is 12.8. The minimum atomic E-state index is -0.225. The molecular weight excluding hydrogens is 396 g/mol. The molecule has 0 saturated heterocycles. The Balaban J connectivity index is 1.45. The maximum Gasteiger partial charge on any atom is 0.255 e. The van der Waals surface area contributed by atoms with Crippen molar-refractivity contribution in [2.45, 2.75) is 39.0 Å². The standard InChI is InChI=1S/C25H25ClN2O2/c1-16-10-17(2)12-18(11-16)8-9-27-25(29)22-14-24(26)28-15-23(22)30-21-5-3-4-20(13-21)19-6-7-19/h3-5,10-15,19H,6-9H2,1-2H3,(H,27,29). The minimum absolute atomic E-state index is 0.225. The lowest BCUT2D eigenvalue weighted by Gasteiger charge is -2.12. The van der Waals surface area contributed by atoms with Crippen LogP contribution in [0.25, 0.3) is 0 Å². The van der Waals surface area contributed by atoms with Crippen molar-refractivity contribution in [3.05, 3.63) is 87.7 Å². The third-order valence-electron chi connectivity index (χ3n) is 5.19. The minimum Gasteiger partial charge on any atom is -0.455 e. The van der Waals surface area contributed by atoms with Crippen LogP contribution in [0.1, 0.15) is 51.4 Å². The molecule has 154 valence electrons. The third-order valence-corrected chi connectivity index (χ3v) is 5.40.